The van der Waals surface area contributed by atoms with Crippen molar-refractivity contribution in [1.82, 2.24) is 9.55 Å². The van der Waals surface area contributed by atoms with Gasteiger partial charge in [-0.15, -0.1) is 0 Å². The molecule has 0 saturated heterocycles. The van der Waals surface area contributed by atoms with Gasteiger partial charge in [0.15, 0.2) is 11.9 Å². The van der Waals surface area contributed by atoms with E-state index in [2.05, 4.69) is 4.98 Å². The van der Waals surface area contributed by atoms with Crippen LogP contribution in [-0.4, -0.2) is 46.7 Å². The van der Waals surface area contributed by atoms with E-state index >= 15 is 0 Å². The van der Waals surface area contributed by atoms with Crippen LogP contribution in [0.4, 0.5) is 0 Å². The first kappa shape index (κ1) is 23.8. The summed E-state index contributed by atoms with van der Waals surface area (Å²) >= 11 is 0. The Balaban J connectivity index is 1.77. The molecule has 0 fully saturated rings. The van der Waals surface area contributed by atoms with E-state index in [0.717, 1.165) is 16.6 Å². The molecule has 0 radical (unpaired) electrons. The first-order valence-corrected chi connectivity index (χ1v) is 11.0. The van der Waals surface area contributed by atoms with Crippen molar-refractivity contribution >= 4 is 22.8 Å². The van der Waals surface area contributed by atoms with Crippen LogP contribution in [0.25, 0.3) is 11.0 Å². The molecule has 1 N–H and O–H groups in total. The Morgan fingerprint density at radius 1 is 1.00 bits per heavy atom. The van der Waals surface area contributed by atoms with Gasteiger partial charge in [0, 0.05) is 29.3 Å². The monoisotopic (exact) mass is 474 g/mol. The molecule has 8 nitrogen and oxygen atoms in total. The molecule has 0 spiro atoms. The SMILES string of the molecule is COc1ccc(C(=O)c2c(C)n(Cc3cccc(O[C@@H](C)C(=O)O)c3)c3nc(OC)ccc23)cc1. The van der Waals surface area contributed by atoms with Crippen LogP contribution in [-0.2, 0) is 11.3 Å². The number of carbonyl (C=O) groups excluding carboxylic acids is 1. The van der Waals surface area contributed by atoms with Gasteiger partial charge in [0.25, 0.3) is 0 Å². The maximum atomic E-state index is 13.6. The molecule has 180 valence electrons. The van der Waals surface area contributed by atoms with Gasteiger partial charge >= 0.3 is 5.97 Å². The molecule has 0 aliphatic heterocycles. The molecule has 0 unspecified atom stereocenters. The number of ether oxygens (including phenoxy) is 3. The second-order valence-corrected chi connectivity index (χ2v) is 8.07. The fourth-order valence-electron chi connectivity index (χ4n) is 3.96. The molecule has 4 aromatic rings. The topological polar surface area (TPSA) is 99.9 Å². The molecule has 0 aliphatic rings. The van der Waals surface area contributed by atoms with Crippen LogP contribution in [0.15, 0.2) is 60.7 Å². The molecule has 0 saturated carbocycles. The number of carbonyl (C=O) groups is 2. The van der Waals surface area contributed by atoms with Crippen molar-refractivity contribution in [2.45, 2.75) is 26.5 Å². The number of rotatable bonds is 9. The minimum atomic E-state index is -1.04. The van der Waals surface area contributed by atoms with Gasteiger partial charge in [-0.3, -0.25) is 4.79 Å². The normalized spacial score (nSPS) is 11.8. The second kappa shape index (κ2) is 9.89. The molecular formula is C27H26N2O6. The molecule has 2 aromatic heterocycles. The third-order valence-electron chi connectivity index (χ3n) is 5.83. The summed E-state index contributed by atoms with van der Waals surface area (Å²) in [6.07, 6.45) is -0.973. The Kier molecular flexibility index (Phi) is 6.73. The number of pyridine rings is 1. The van der Waals surface area contributed by atoms with E-state index in [9.17, 15) is 9.59 Å². The molecule has 0 aliphatic carbocycles. The van der Waals surface area contributed by atoms with Gasteiger partial charge < -0.3 is 23.9 Å². The van der Waals surface area contributed by atoms with Gasteiger partial charge in [0.05, 0.1) is 19.8 Å². The minimum Gasteiger partial charge on any atom is -0.497 e. The van der Waals surface area contributed by atoms with Crippen molar-refractivity contribution in [3.63, 3.8) is 0 Å². The summed E-state index contributed by atoms with van der Waals surface area (Å²) in [6.45, 7) is 3.76. The van der Waals surface area contributed by atoms with E-state index in [1.54, 1.807) is 62.8 Å². The average Bonchev–Trinajstić information content (AvgIpc) is 3.14. The highest BCUT2D eigenvalue weighted by atomic mass is 16.5. The summed E-state index contributed by atoms with van der Waals surface area (Å²) in [6, 6.07) is 17.8. The van der Waals surface area contributed by atoms with Crippen molar-refractivity contribution in [3.8, 4) is 17.4 Å². The lowest BCUT2D eigenvalue weighted by atomic mass is 10.0. The Hall–Kier alpha value is -4.33. The quantitative estimate of drug-likeness (QED) is 0.357. The lowest BCUT2D eigenvalue weighted by Crippen LogP contribution is -2.22. The van der Waals surface area contributed by atoms with Gasteiger partial charge in [0.1, 0.15) is 17.1 Å². The van der Waals surface area contributed by atoms with E-state index in [1.807, 2.05) is 23.6 Å². The van der Waals surface area contributed by atoms with Crippen LogP contribution in [0.3, 0.4) is 0 Å². The Morgan fingerprint density at radius 2 is 1.74 bits per heavy atom. The van der Waals surface area contributed by atoms with E-state index in [4.69, 9.17) is 19.3 Å². The summed E-state index contributed by atoms with van der Waals surface area (Å²) in [4.78, 5) is 29.3. The van der Waals surface area contributed by atoms with Crippen molar-refractivity contribution in [2.24, 2.45) is 0 Å². The van der Waals surface area contributed by atoms with E-state index in [1.165, 1.54) is 6.92 Å². The molecule has 4 rings (SSSR count). The number of aromatic nitrogens is 2. The molecule has 0 bridgehead atoms. The summed E-state index contributed by atoms with van der Waals surface area (Å²) in [7, 11) is 3.12. The maximum Gasteiger partial charge on any atom is 0.344 e. The molecule has 2 heterocycles. The molecule has 8 heteroatoms. The van der Waals surface area contributed by atoms with Crippen LogP contribution in [0, 0.1) is 6.92 Å². The number of methoxy groups -OCH3 is 2. The molecule has 0 amide bonds. The van der Waals surface area contributed by atoms with Crippen molar-refractivity contribution in [2.75, 3.05) is 14.2 Å². The zero-order chi connectivity index (χ0) is 25.1. The predicted octanol–water partition coefficient (Wildman–Crippen LogP) is 4.49. The second-order valence-electron chi connectivity index (χ2n) is 8.07. The van der Waals surface area contributed by atoms with E-state index in [0.29, 0.717) is 40.7 Å². The Morgan fingerprint density at radius 3 is 2.40 bits per heavy atom. The Labute approximate surface area is 202 Å². The lowest BCUT2D eigenvalue weighted by Gasteiger charge is -2.13. The van der Waals surface area contributed by atoms with Gasteiger partial charge in [-0.05, 0) is 61.9 Å². The number of aliphatic carboxylic acids is 1. The average molecular weight is 475 g/mol. The van der Waals surface area contributed by atoms with E-state index in [-0.39, 0.29) is 5.78 Å². The van der Waals surface area contributed by atoms with Crippen LogP contribution in [0.1, 0.15) is 34.1 Å². The fraction of sp³-hybridized carbons (Fsp3) is 0.222. The summed E-state index contributed by atoms with van der Waals surface area (Å²) in [5.74, 6) is 0.402. The number of benzene rings is 2. The largest absolute Gasteiger partial charge is 0.497 e. The maximum absolute atomic E-state index is 13.6. The van der Waals surface area contributed by atoms with Crippen molar-refractivity contribution < 1.29 is 28.9 Å². The standard InChI is InChI=1S/C27H26N2O6/c1-16-24(25(30)19-8-10-20(33-3)11-9-19)22-12-13-23(34-4)28-26(22)29(16)15-18-6-5-7-21(14-18)35-17(2)27(31)32/h5-14,17H,15H2,1-4H3,(H,31,32)/t17-/m0/s1. The highest BCUT2D eigenvalue weighted by Gasteiger charge is 2.23. The van der Waals surface area contributed by atoms with Crippen LogP contribution in [0.5, 0.6) is 17.4 Å². The lowest BCUT2D eigenvalue weighted by molar-refractivity contribution is -0.144. The number of ketones is 1. The first-order chi connectivity index (χ1) is 16.8. The molecule has 2 aromatic carbocycles. The summed E-state index contributed by atoms with van der Waals surface area (Å²) in [5.41, 5.74) is 3.35. The summed E-state index contributed by atoms with van der Waals surface area (Å²) in [5, 5.41) is 9.86. The van der Waals surface area contributed by atoms with Crippen LogP contribution < -0.4 is 14.2 Å². The molecule has 35 heavy (non-hydrogen) atoms. The zero-order valence-electron chi connectivity index (χ0n) is 19.9. The van der Waals surface area contributed by atoms with Gasteiger partial charge in [-0.2, -0.15) is 4.98 Å². The fourth-order valence-corrected chi connectivity index (χ4v) is 3.96. The molecular weight excluding hydrogens is 448 g/mol. The third kappa shape index (κ3) is 4.82. The van der Waals surface area contributed by atoms with E-state index < -0.39 is 12.1 Å². The van der Waals surface area contributed by atoms with Gasteiger partial charge in [-0.25, -0.2) is 4.79 Å². The van der Waals surface area contributed by atoms with Gasteiger partial charge in [0.2, 0.25) is 5.88 Å². The summed E-state index contributed by atoms with van der Waals surface area (Å²) < 4.78 is 18.0. The number of nitrogens with zero attached hydrogens (tertiary/aromatic N) is 2. The predicted molar refractivity (Wildman–Crippen MR) is 131 cm³/mol. The number of carboxylic acid groups (broad SMARTS) is 1. The first-order valence-electron chi connectivity index (χ1n) is 11.0. The van der Waals surface area contributed by atoms with Crippen molar-refractivity contribution in [1.29, 1.82) is 0 Å². The zero-order valence-corrected chi connectivity index (χ0v) is 19.9. The smallest absolute Gasteiger partial charge is 0.344 e. The van der Waals surface area contributed by atoms with Crippen molar-refractivity contribution in [3.05, 3.63) is 83.0 Å². The third-order valence-corrected chi connectivity index (χ3v) is 5.83. The Bertz CT molecular complexity index is 1390. The number of hydrogen-bond donors (Lipinski definition) is 1. The number of carboxylic acids is 1. The highest BCUT2D eigenvalue weighted by Crippen LogP contribution is 2.30. The number of fused-ring (bicyclic) bond motifs is 1. The molecule has 1 atom stereocenters. The minimum absolute atomic E-state index is 0.117. The van der Waals surface area contributed by atoms with Crippen LogP contribution in [0.2, 0.25) is 0 Å². The van der Waals surface area contributed by atoms with Gasteiger partial charge in [-0.1, -0.05) is 12.1 Å². The van der Waals surface area contributed by atoms with Crippen LogP contribution >= 0.6 is 0 Å². The highest BCUT2D eigenvalue weighted by molar-refractivity contribution is 6.17. The number of hydrogen-bond acceptors (Lipinski definition) is 6.